The average molecular weight is 432 g/mol. The smallest absolute Gasteiger partial charge is 0.405 e. The van der Waals surface area contributed by atoms with E-state index in [9.17, 15) is 18.0 Å². The summed E-state index contributed by atoms with van der Waals surface area (Å²) in [7, 11) is 0. The number of carbonyl (C=O) groups excluding carboxylic acids is 1. The molecular weight excluding hydrogens is 413 g/mol. The summed E-state index contributed by atoms with van der Waals surface area (Å²) in [6.45, 7) is 3.50. The number of rotatable bonds is 4. The van der Waals surface area contributed by atoms with Gasteiger partial charge >= 0.3 is 6.36 Å². The van der Waals surface area contributed by atoms with Crippen LogP contribution in [-0.2, 0) is 0 Å². The molecule has 1 amide bonds. The second-order valence-corrected chi connectivity index (χ2v) is 6.90. The summed E-state index contributed by atoms with van der Waals surface area (Å²) in [4.78, 5) is 29.1. The van der Waals surface area contributed by atoms with Gasteiger partial charge in [-0.05, 0) is 19.1 Å². The summed E-state index contributed by atoms with van der Waals surface area (Å²) in [6, 6.07) is 7.20. The van der Waals surface area contributed by atoms with E-state index in [-0.39, 0.29) is 5.56 Å². The molecule has 1 fully saturated rings. The SMILES string of the molecule is Cc1nccn1-c1cc(N2CCN(C(=O)c3ccccc3OC(F)(F)F)CC2)ncn1. The Morgan fingerprint density at radius 1 is 1.03 bits per heavy atom. The maximum Gasteiger partial charge on any atom is 0.573 e. The highest BCUT2D eigenvalue weighted by molar-refractivity contribution is 5.97. The van der Waals surface area contributed by atoms with E-state index in [1.165, 1.54) is 29.4 Å². The van der Waals surface area contributed by atoms with E-state index in [2.05, 4.69) is 19.7 Å². The topological polar surface area (TPSA) is 76.4 Å². The maximum absolute atomic E-state index is 12.8. The van der Waals surface area contributed by atoms with Gasteiger partial charge in [0.15, 0.2) is 0 Å². The molecule has 11 heteroatoms. The number of para-hydroxylation sites is 1. The summed E-state index contributed by atoms with van der Waals surface area (Å²) in [5, 5.41) is 0. The third-order valence-corrected chi connectivity index (χ3v) is 4.94. The Balaban J connectivity index is 1.45. The molecule has 162 valence electrons. The number of aryl methyl sites for hydroxylation is 1. The minimum absolute atomic E-state index is 0.117. The molecule has 1 aliphatic rings. The van der Waals surface area contributed by atoms with Gasteiger partial charge in [-0.3, -0.25) is 9.36 Å². The number of imidazole rings is 1. The fraction of sp³-hybridized carbons (Fsp3) is 0.300. The summed E-state index contributed by atoms with van der Waals surface area (Å²) in [6.07, 6.45) is 0.0834. The molecule has 0 bridgehead atoms. The second kappa shape index (κ2) is 8.25. The molecule has 0 saturated carbocycles. The lowest BCUT2D eigenvalue weighted by Gasteiger charge is -2.35. The van der Waals surface area contributed by atoms with Crippen molar-refractivity contribution < 1.29 is 22.7 Å². The number of nitrogens with zero attached hydrogens (tertiary/aromatic N) is 6. The zero-order chi connectivity index (χ0) is 22.0. The Morgan fingerprint density at radius 3 is 2.42 bits per heavy atom. The standard InChI is InChI=1S/C20H19F3N6O2/c1-14-24-6-7-29(14)18-12-17(25-13-26-18)27-8-10-28(11-9-27)19(30)15-4-2-3-5-16(15)31-20(21,22)23/h2-7,12-13H,8-11H2,1H3. The number of carbonyl (C=O) groups is 1. The minimum atomic E-state index is -4.87. The van der Waals surface area contributed by atoms with Crippen LogP contribution in [0, 0.1) is 6.92 Å². The van der Waals surface area contributed by atoms with Gasteiger partial charge in [0, 0.05) is 44.6 Å². The normalized spacial score (nSPS) is 14.6. The Kier molecular flexibility index (Phi) is 5.49. The quantitative estimate of drug-likeness (QED) is 0.631. The van der Waals surface area contributed by atoms with Crippen molar-refractivity contribution in [2.24, 2.45) is 0 Å². The number of anilines is 1. The molecule has 1 aliphatic heterocycles. The number of aromatic nitrogens is 4. The van der Waals surface area contributed by atoms with Gasteiger partial charge in [-0.15, -0.1) is 13.2 Å². The highest BCUT2D eigenvalue weighted by atomic mass is 19.4. The number of piperazine rings is 1. The van der Waals surface area contributed by atoms with Crippen LogP contribution in [0.1, 0.15) is 16.2 Å². The molecule has 3 heterocycles. The van der Waals surface area contributed by atoms with Gasteiger partial charge in [0.25, 0.3) is 5.91 Å². The molecular formula is C20H19F3N6O2. The number of alkyl halides is 3. The van der Waals surface area contributed by atoms with E-state index in [4.69, 9.17) is 0 Å². The predicted molar refractivity (Wildman–Crippen MR) is 105 cm³/mol. The van der Waals surface area contributed by atoms with Crippen molar-refractivity contribution in [2.45, 2.75) is 13.3 Å². The number of halogens is 3. The van der Waals surface area contributed by atoms with Crippen LogP contribution in [0.5, 0.6) is 5.75 Å². The van der Waals surface area contributed by atoms with Crippen molar-refractivity contribution in [2.75, 3.05) is 31.1 Å². The number of ether oxygens (including phenoxy) is 1. The first-order valence-corrected chi connectivity index (χ1v) is 9.53. The summed E-state index contributed by atoms with van der Waals surface area (Å²) < 4.78 is 43.8. The number of amides is 1. The van der Waals surface area contributed by atoms with Gasteiger partial charge in [-0.25, -0.2) is 15.0 Å². The van der Waals surface area contributed by atoms with Crippen LogP contribution in [-0.4, -0.2) is 62.9 Å². The van der Waals surface area contributed by atoms with E-state index in [0.29, 0.717) is 37.8 Å². The highest BCUT2D eigenvalue weighted by Crippen LogP contribution is 2.27. The van der Waals surface area contributed by atoms with Crippen LogP contribution in [0.3, 0.4) is 0 Å². The molecule has 1 saturated heterocycles. The molecule has 4 rings (SSSR count). The predicted octanol–water partition coefficient (Wildman–Crippen LogP) is 2.83. The van der Waals surface area contributed by atoms with Gasteiger partial charge in [0.1, 0.15) is 29.5 Å². The average Bonchev–Trinajstić information content (AvgIpc) is 3.19. The fourth-order valence-electron chi connectivity index (χ4n) is 3.43. The Hall–Kier alpha value is -3.63. The molecule has 3 aromatic rings. The molecule has 0 unspecified atom stereocenters. The Bertz CT molecular complexity index is 1080. The zero-order valence-corrected chi connectivity index (χ0v) is 16.6. The summed E-state index contributed by atoms with van der Waals surface area (Å²) >= 11 is 0. The lowest BCUT2D eigenvalue weighted by atomic mass is 10.1. The second-order valence-electron chi connectivity index (χ2n) is 6.90. The molecule has 0 aliphatic carbocycles. The molecule has 0 spiro atoms. The lowest BCUT2D eigenvalue weighted by molar-refractivity contribution is -0.274. The van der Waals surface area contributed by atoms with E-state index >= 15 is 0 Å². The van der Waals surface area contributed by atoms with Crippen LogP contribution in [0.25, 0.3) is 5.82 Å². The largest absolute Gasteiger partial charge is 0.573 e. The van der Waals surface area contributed by atoms with Crippen LogP contribution in [0.2, 0.25) is 0 Å². The molecule has 8 nitrogen and oxygen atoms in total. The molecule has 0 radical (unpaired) electrons. The van der Waals surface area contributed by atoms with E-state index < -0.39 is 18.0 Å². The molecule has 0 atom stereocenters. The zero-order valence-electron chi connectivity index (χ0n) is 16.6. The Morgan fingerprint density at radius 2 is 1.74 bits per heavy atom. The summed E-state index contributed by atoms with van der Waals surface area (Å²) in [5.74, 6) is 1.16. The first-order valence-electron chi connectivity index (χ1n) is 9.53. The van der Waals surface area contributed by atoms with Crippen LogP contribution in [0.4, 0.5) is 19.0 Å². The number of hydrogen-bond donors (Lipinski definition) is 0. The van der Waals surface area contributed by atoms with Crippen molar-refractivity contribution >= 4 is 11.7 Å². The number of hydrogen-bond acceptors (Lipinski definition) is 6. The third kappa shape index (κ3) is 4.60. The molecule has 31 heavy (non-hydrogen) atoms. The van der Waals surface area contributed by atoms with Crippen molar-refractivity contribution in [3.63, 3.8) is 0 Å². The first-order chi connectivity index (χ1) is 14.8. The van der Waals surface area contributed by atoms with Gasteiger partial charge in [-0.2, -0.15) is 0 Å². The molecule has 2 aromatic heterocycles. The van der Waals surface area contributed by atoms with Crippen molar-refractivity contribution in [3.8, 4) is 11.6 Å². The minimum Gasteiger partial charge on any atom is -0.405 e. The van der Waals surface area contributed by atoms with E-state index in [1.807, 2.05) is 22.5 Å². The summed E-state index contributed by atoms with van der Waals surface area (Å²) in [5.41, 5.74) is -0.117. The van der Waals surface area contributed by atoms with E-state index in [0.717, 1.165) is 11.9 Å². The van der Waals surface area contributed by atoms with E-state index in [1.54, 1.807) is 12.4 Å². The monoisotopic (exact) mass is 432 g/mol. The number of benzene rings is 1. The maximum atomic E-state index is 12.8. The highest BCUT2D eigenvalue weighted by Gasteiger charge is 2.34. The fourth-order valence-corrected chi connectivity index (χ4v) is 3.43. The third-order valence-electron chi connectivity index (χ3n) is 4.94. The van der Waals surface area contributed by atoms with Crippen molar-refractivity contribution in [1.29, 1.82) is 0 Å². The Labute approximate surface area is 175 Å². The van der Waals surface area contributed by atoms with Crippen LogP contribution < -0.4 is 9.64 Å². The van der Waals surface area contributed by atoms with Crippen molar-refractivity contribution in [1.82, 2.24) is 24.4 Å². The molecule has 0 N–H and O–H groups in total. The molecule has 1 aromatic carbocycles. The van der Waals surface area contributed by atoms with Gasteiger partial charge in [0.05, 0.1) is 5.56 Å². The van der Waals surface area contributed by atoms with Gasteiger partial charge < -0.3 is 14.5 Å². The van der Waals surface area contributed by atoms with Crippen molar-refractivity contribution in [3.05, 3.63) is 60.4 Å². The van der Waals surface area contributed by atoms with Crippen LogP contribution >= 0.6 is 0 Å². The lowest BCUT2D eigenvalue weighted by Crippen LogP contribution is -2.49. The first kappa shape index (κ1) is 20.6. The van der Waals surface area contributed by atoms with Gasteiger partial charge in [0.2, 0.25) is 0 Å². The van der Waals surface area contributed by atoms with Gasteiger partial charge in [-0.1, -0.05) is 12.1 Å². The van der Waals surface area contributed by atoms with Crippen LogP contribution in [0.15, 0.2) is 49.1 Å².